The van der Waals surface area contributed by atoms with Crippen LogP contribution in [0, 0.1) is 11.8 Å². The fourth-order valence-corrected chi connectivity index (χ4v) is 5.31. The molecule has 2 aliphatic rings. The van der Waals surface area contributed by atoms with Gasteiger partial charge in [-0.15, -0.1) is 0 Å². The first kappa shape index (κ1) is 26.6. The summed E-state index contributed by atoms with van der Waals surface area (Å²) in [6.07, 6.45) is 18.0. The molecule has 204 valence electrons. The lowest BCUT2D eigenvalue weighted by Crippen LogP contribution is -1.89. The van der Waals surface area contributed by atoms with E-state index in [1.54, 1.807) is 0 Å². The normalized spacial score (nSPS) is 11.9. The van der Waals surface area contributed by atoms with Crippen LogP contribution in [0.1, 0.15) is 84.9 Å². The van der Waals surface area contributed by atoms with E-state index in [1.807, 2.05) is 18.2 Å². The Bertz CT molecular complexity index is 1800. The van der Waals surface area contributed by atoms with E-state index in [4.69, 9.17) is 9.97 Å². The third kappa shape index (κ3) is 6.94. The molecule has 0 saturated heterocycles. The summed E-state index contributed by atoms with van der Waals surface area (Å²) in [6.45, 7) is 2.27. The first-order valence-corrected chi connectivity index (χ1v) is 14.9. The van der Waals surface area contributed by atoms with Crippen LogP contribution in [-0.4, -0.2) is 19.9 Å². The standard InChI is InChI=1S/C37H36N4/c1-2-3-4-5-6-7-9-27-12-14-28(15-13-27)10-8-11-35-36-22-20-33(40-36)25-31-18-16-29(38-31)24-30-17-19-32(39-30)26-34-21-23-37(35)41-34/h12-26,38,41H,2-7,9-10H2,1H3. The summed E-state index contributed by atoms with van der Waals surface area (Å²) in [4.78, 5) is 16.6. The fourth-order valence-electron chi connectivity index (χ4n) is 5.31. The number of aromatic nitrogens is 4. The molecular formula is C37H36N4. The van der Waals surface area contributed by atoms with Gasteiger partial charge in [-0.25, -0.2) is 9.97 Å². The van der Waals surface area contributed by atoms with Crippen LogP contribution in [0.3, 0.4) is 0 Å². The number of aromatic amines is 2. The monoisotopic (exact) mass is 536 g/mol. The van der Waals surface area contributed by atoms with Gasteiger partial charge in [0.2, 0.25) is 0 Å². The van der Waals surface area contributed by atoms with Crippen molar-refractivity contribution in [2.24, 2.45) is 0 Å². The number of nitrogens with zero attached hydrogens (tertiary/aromatic N) is 2. The highest BCUT2D eigenvalue weighted by molar-refractivity contribution is 5.81. The molecule has 41 heavy (non-hydrogen) atoms. The van der Waals surface area contributed by atoms with E-state index in [0.717, 1.165) is 56.8 Å². The van der Waals surface area contributed by atoms with Crippen LogP contribution in [0.25, 0.3) is 46.4 Å². The maximum absolute atomic E-state index is 4.92. The lowest BCUT2D eigenvalue weighted by molar-refractivity contribution is 0.607. The third-order valence-electron chi connectivity index (χ3n) is 7.57. The van der Waals surface area contributed by atoms with Gasteiger partial charge in [0, 0.05) is 23.0 Å². The van der Waals surface area contributed by atoms with E-state index in [-0.39, 0.29) is 0 Å². The Morgan fingerprint density at radius 1 is 0.610 bits per heavy atom. The predicted octanol–water partition coefficient (Wildman–Crippen LogP) is 9.15. The number of hydrogen-bond donors (Lipinski definition) is 2. The number of nitrogens with one attached hydrogen (secondary N) is 2. The van der Waals surface area contributed by atoms with Crippen LogP contribution in [0.4, 0.5) is 0 Å². The average Bonchev–Trinajstić information content (AvgIpc) is 3.80. The largest absolute Gasteiger partial charge is 0.355 e. The van der Waals surface area contributed by atoms with Crippen LogP contribution in [0.2, 0.25) is 0 Å². The van der Waals surface area contributed by atoms with Crippen molar-refractivity contribution < 1.29 is 0 Å². The minimum Gasteiger partial charge on any atom is -0.355 e. The molecule has 0 radical (unpaired) electrons. The van der Waals surface area contributed by atoms with Gasteiger partial charge in [0.15, 0.2) is 0 Å². The van der Waals surface area contributed by atoms with Gasteiger partial charge >= 0.3 is 0 Å². The Balaban J connectivity index is 1.28. The molecule has 1 aromatic carbocycles. The number of aryl methyl sites for hydroxylation is 1. The Labute approximate surface area is 242 Å². The topological polar surface area (TPSA) is 57.4 Å². The second-order valence-corrected chi connectivity index (χ2v) is 10.9. The Kier molecular flexibility index (Phi) is 8.24. The van der Waals surface area contributed by atoms with Gasteiger partial charge in [-0.2, -0.15) is 0 Å². The van der Waals surface area contributed by atoms with E-state index in [9.17, 15) is 0 Å². The van der Waals surface area contributed by atoms with E-state index in [2.05, 4.69) is 102 Å². The molecule has 0 fully saturated rings. The molecule has 4 nitrogen and oxygen atoms in total. The smallest absolute Gasteiger partial charge is 0.0815 e. The molecule has 6 rings (SSSR count). The Morgan fingerprint density at radius 3 is 1.98 bits per heavy atom. The zero-order chi connectivity index (χ0) is 27.9. The van der Waals surface area contributed by atoms with Crippen molar-refractivity contribution in [3.63, 3.8) is 0 Å². The predicted molar refractivity (Wildman–Crippen MR) is 173 cm³/mol. The Hall–Kier alpha value is -4.62. The summed E-state index contributed by atoms with van der Waals surface area (Å²) >= 11 is 0. The van der Waals surface area contributed by atoms with E-state index in [0.29, 0.717) is 6.42 Å². The molecule has 2 N–H and O–H groups in total. The number of fused-ring (bicyclic) bond motifs is 8. The van der Waals surface area contributed by atoms with Gasteiger partial charge < -0.3 is 9.97 Å². The molecule has 2 aliphatic heterocycles. The molecule has 0 atom stereocenters. The van der Waals surface area contributed by atoms with Gasteiger partial charge in [0.25, 0.3) is 0 Å². The summed E-state index contributed by atoms with van der Waals surface area (Å²) < 4.78 is 0. The van der Waals surface area contributed by atoms with Gasteiger partial charge in [0.1, 0.15) is 0 Å². The molecule has 3 aromatic heterocycles. The lowest BCUT2D eigenvalue weighted by Gasteiger charge is -2.03. The van der Waals surface area contributed by atoms with Crippen LogP contribution < -0.4 is 0 Å². The molecule has 0 saturated carbocycles. The lowest BCUT2D eigenvalue weighted by atomic mass is 10.0. The SMILES string of the molecule is CCCCCCCCc1ccc(CC#Cc2c3nc(cc4ccc(cc5nc(cc6ccc2[nH]6)C=C5)[nH]4)C=C3)cc1. The average molecular weight is 537 g/mol. The molecule has 5 heterocycles. The molecule has 0 unspecified atom stereocenters. The van der Waals surface area contributed by atoms with Crippen molar-refractivity contribution in [1.82, 2.24) is 19.9 Å². The molecule has 0 amide bonds. The summed E-state index contributed by atoms with van der Waals surface area (Å²) in [6, 6.07) is 23.4. The maximum atomic E-state index is 4.92. The molecule has 4 aromatic rings. The minimum absolute atomic E-state index is 0.697. The van der Waals surface area contributed by atoms with Crippen molar-refractivity contribution >= 4 is 46.4 Å². The highest BCUT2D eigenvalue weighted by Gasteiger charge is 2.07. The second kappa shape index (κ2) is 12.7. The van der Waals surface area contributed by atoms with Gasteiger partial charge in [-0.05, 0) is 90.7 Å². The quantitative estimate of drug-likeness (QED) is 0.150. The zero-order valence-electron chi connectivity index (χ0n) is 23.7. The third-order valence-corrected chi connectivity index (χ3v) is 7.57. The number of benzene rings is 1. The summed E-state index contributed by atoms with van der Waals surface area (Å²) in [5.41, 5.74) is 11.1. The van der Waals surface area contributed by atoms with Crippen LogP contribution in [0.15, 0.2) is 66.7 Å². The number of hydrogen-bond acceptors (Lipinski definition) is 2. The van der Waals surface area contributed by atoms with Crippen molar-refractivity contribution in [3.05, 3.63) is 106 Å². The fraction of sp³-hybridized carbons (Fsp3) is 0.243. The van der Waals surface area contributed by atoms with Crippen molar-refractivity contribution in [2.75, 3.05) is 0 Å². The van der Waals surface area contributed by atoms with Crippen molar-refractivity contribution in [3.8, 4) is 11.8 Å². The highest BCUT2D eigenvalue weighted by atomic mass is 14.8. The molecular weight excluding hydrogens is 500 g/mol. The summed E-state index contributed by atoms with van der Waals surface area (Å²) in [5, 5.41) is 0. The van der Waals surface area contributed by atoms with Gasteiger partial charge in [-0.1, -0.05) is 75.1 Å². The second-order valence-electron chi connectivity index (χ2n) is 10.9. The van der Waals surface area contributed by atoms with Crippen LogP contribution >= 0.6 is 0 Å². The Morgan fingerprint density at radius 2 is 1.22 bits per heavy atom. The first-order chi connectivity index (χ1) is 20.2. The number of H-pyrrole nitrogens is 2. The molecule has 4 heteroatoms. The summed E-state index contributed by atoms with van der Waals surface area (Å²) in [7, 11) is 0. The molecule has 0 aliphatic carbocycles. The van der Waals surface area contributed by atoms with E-state index in [1.165, 1.54) is 49.7 Å². The number of rotatable bonds is 8. The van der Waals surface area contributed by atoms with Crippen LogP contribution in [-0.2, 0) is 12.8 Å². The highest BCUT2D eigenvalue weighted by Crippen LogP contribution is 2.21. The van der Waals surface area contributed by atoms with Crippen molar-refractivity contribution in [1.29, 1.82) is 0 Å². The van der Waals surface area contributed by atoms with Gasteiger partial charge in [0.05, 0.1) is 33.9 Å². The van der Waals surface area contributed by atoms with Gasteiger partial charge in [-0.3, -0.25) is 0 Å². The summed E-state index contributed by atoms with van der Waals surface area (Å²) in [5.74, 6) is 6.88. The van der Waals surface area contributed by atoms with Crippen molar-refractivity contribution in [2.45, 2.75) is 58.3 Å². The van der Waals surface area contributed by atoms with E-state index >= 15 is 0 Å². The maximum Gasteiger partial charge on any atom is 0.0815 e. The van der Waals surface area contributed by atoms with Crippen LogP contribution in [0.5, 0.6) is 0 Å². The zero-order valence-corrected chi connectivity index (χ0v) is 23.7. The molecule has 8 bridgehead atoms. The number of unbranched alkanes of at least 4 members (excludes halogenated alkanes) is 5. The van der Waals surface area contributed by atoms with E-state index < -0.39 is 0 Å². The minimum atomic E-state index is 0.697. The first-order valence-electron chi connectivity index (χ1n) is 14.9. The molecule has 0 spiro atoms.